The number of sulfonamides is 1. The molecule has 0 radical (unpaired) electrons. The second-order valence-corrected chi connectivity index (χ2v) is 7.67. The van der Waals surface area contributed by atoms with E-state index in [1.54, 1.807) is 31.3 Å². The summed E-state index contributed by atoms with van der Waals surface area (Å²) >= 11 is 0. The van der Waals surface area contributed by atoms with E-state index in [-0.39, 0.29) is 25.4 Å². The van der Waals surface area contributed by atoms with Crippen molar-refractivity contribution in [3.05, 3.63) is 35.9 Å². The monoisotopic (exact) mass is 340 g/mol. The number of carboxylic acids is 1. The molecule has 0 saturated carbocycles. The predicted octanol–water partition coefficient (Wildman–Crippen LogP) is 0.0337. The Hall–Kier alpha value is -1.93. The number of rotatable bonds is 6. The molecular formula is C15H20N2O5S. The fraction of sp³-hybridized carbons (Fsp3) is 0.467. The molecule has 7 nitrogen and oxygen atoms in total. The van der Waals surface area contributed by atoms with Gasteiger partial charge in [0.25, 0.3) is 0 Å². The highest BCUT2D eigenvalue weighted by molar-refractivity contribution is 7.89. The molecule has 1 aromatic rings. The standard InChI is InChI=1S/C15H20N2O5S/c1-16-7-8-17(10-14(16)18)23(21,22)11-13(15(19)20)9-12-5-3-2-4-6-12/h2-6,13H,7-11H2,1H3,(H,19,20). The Bertz CT molecular complexity index is 674. The van der Waals surface area contributed by atoms with Gasteiger partial charge in [0.1, 0.15) is 0 Å². The van der Waals surface area contributed by atoms with Gasteiger partial charge in [-0.3, -0.25) is 9.59 Å². The molecule has 1 saturated heterocycles. The smallest absolute Gasteiger partial charge is 0.307 e. The first-order valence-electron chi connectivity index (χ1n) is 7.28. The first kappa shape index (κ1) is 17.4. The number of likely N-dealkylation sites (N-methyl/N-ethyl adjacent to an activating group) is 1. The van der Waals surface area contributed by atoms with Gasteiger partial charge in [-0.05, 0) is 12.0 Å². The summed E-state index contributed by atoms with van der Waals surface area (Å²) < 4.78 is 25.9. The molecule has 1 aliphatic rings. The first-order valence-corrected chi connectivity index (χ1v) is 8.89. The second kappa shape index (κ2) is 7.10. The summed E-state index contributed by atoms with van der Waals surface area (Å²) in [4.78, 5) is 24.6. The van der Waals surface area contributed by atoms with Crippen LogP contribution in [0.2, 0.25) is 0 Å². The molecule has 0 aliphatic carbocycles. The van der Waals surface area contributed by atoms with Crippen LogP contribution in [-0.2, 0) is 26.0 Å². The Morgan fingerprint density at radius 3 is 2.48 bits per heavy atom. The Morgan fingerprint density at radius 2 is 1.91 bits per heavy atom. The van der Waals surface area contributed by atoms with Crippen molar-refractivity contribution in [3.8, 4) is 0 Å². The zero-order chi connectivity index (χ0) is 17.0. The van der Waals surface area contributed by atoms with Gasteiger partial charge in [0, 0.05) is 20.1 Å². The van der Waals surface area contributed by atoms with Crippen LogP contribution in [-0.4, -0.2) is 67.0 Å². The Kier molecular flexibility index (Phi) is 5.38. The topological polar surface area (TPSA) is 95.0 Å². The summed E-state index contributed by atoms with van der Waals surface area (Å²) in [5, 5.41) is 9.33. The van der Waals surface area contributed by atoms with Crippen LogP contribution in [0.3, 0.4) is 0 Å². The van der Waals surface area contributed by atoms with E-state index in [1.807, 2.05) is 6.07 Å². The summed E-state index contributed by atoms with van der Waals surface area (Å²) in [6.45, 7) is 0.285. The van der Waals surface area contributed by atoms with Crippen LogP contribution in [0.1, 0.15) is 5.56 Å². The van der Waals surface area contributed by atoms with Gasteiger partial charge in [0.05, 0.1) is 18.2 Å². The zero-order valence-electron chi connectivity index (χ0n) is 12.9. The highest BCUT2D eigenvalue weighted by atomic mass is 32.2. The lowest BCUT2D eigenvalue weighted by atomic mass is 10.0. The number of carbonyl (C=O) groups excluding carboxylic acids is 1. The van der Waals surface area contributed by atoms with Crippen molar-refractivity contribution in [2.24, 2.45) is 5.92 Å². The third-order valence-electron chi connectivity index (χ3n) is 3.90. The van der Waals surface area contributed by atoms with E-state index in [1.165, 1.54) is 4.90 Å². The largest absolute Gasteiger partial charge is 0.481 e. The van der Waals surface area contributed by atoms with Crippen molar-refractivity contribution in [3.63, 3.8) is 0 Å². The highest BCUT2D eigenvalue weighted by Crippen LogP contribution is 2.16. The molecular weight excluding hydrogens is 320 g/mol. The average Bonchev–Trinajstić information content (AvgIpc) is 2.50. The van der Waals surface area contributed by atoms with E-state index in [2.05, 4.69) is 0 Å². The molecule has 1 aromatic carbocycles. The van der Waals surface area contributed by atoms with Gasteiger partial charge in [-0.1, -0.05) is 30.3 Å². The number of aliphatic carboxylic acids is 1. The summed E-state index contributed by atoms with van der Waals surface area (Å²) in [5.74, 6) is -2.99. The summed E-state index contributed by atoms with van der Waals surface area (Å²) in [6, 6.07) is 8.90. The van der Waals surface area contributed by atoms with Crippen LogP contribution in [0.5, 0.6) is 0 Å². The maximum atomic E-state index is 12.4. The quantitative estimate of drug-likeness (QED) is 0.788. The minimum atomic E-state index is -3.80. The van der Waals surface area contributed by atoms with E-state index in [0.717, 1.165) is 9.87 Å². The van der Waals surface area contributed by atoms with Crippen molar-refractivity contribution in [2.75, 3.05) is 32.4 Å². The van der Waals surface area contributed by atoms with Crippen LogP contribution >= 0.6 is 0 Å². The van der Waals surface area contributed by atoms with Crippen molar-refractivity contribution in [1.29, 1.82) is 0 Å². The van der Waals surface area contributed by atoms with E-state index >= 15 is 0 Å². The van der Waals surface area contributed by atoms with Gasteiger partial charge in [-0.2, -0.15) is 4.31 Å². The molecule has 0 bridgehead atoms. The minimum Gasteiger partial charge on any atom is -0.481 e. The molecule has 0 spiro atoms. The van der Waals surface area contributed by atoms with Crippen LogP contribution in [0, 0.1) is 5.92 Å². The normalized spacial score (nSPS) is 18.0. The maximum absolute atomic E-state index is 12.4. The number of carboxylic acid groups (broad SMARTS) is 1. The molecule has 1 fully saturated rings. The van der Waals surface area contributed by atoms with Gasteiger partial charge < -0.3 is 10.0 Å². The Morgan fingerprint density at radius 1 is 1.26 bits per heavy atom. The number of hydrogen-bond acceptors (Lipinski definition) is 4. The van der Waals surface area contributed by atoms with E-state index < -0.39 is 27.7 Å². The van der Waals surface area contributed by atoms with Crippen molar-refractivity contribution < 1.29 is 23.1 Å². The van der Waals surface area contributed by atoms with Gasteiger partial charge in [0.15, 0.2) is 0 Å². The molecule has 1 amide bonds. The van der Waals surface area contributed by atoms with Crippen molar-refractivity contribution in [2.45, 2.75) is 6.42 Å². The first-order chi connectivity index (χ1) is 10.8. The second-order valence-electron chi connectivity index (χ2n) is 5.65. The van der Waals surface area contributed by atoms with Crippen LogP contribution in [0.15, 0.2) is 30.3 Å². The van der Waals surface area contributed by atoms with Crippen LogP contribution < -0.4 is 0 Å². The summed E-state index contributed by atoms with van der Waals surface area (Å²) in [7, 11) is -2.19. The average molecular weight is 340 g/mol. The van der Waals surface area contributed by atoms with Crippen LogP contribution in [0.4, 0.5) is 0 Å². The Labute approximate surface area is 135 Å². The number of benzene rings is 1. The van der Waals surface area contributed by atoms with Crippen LogP contribution in [0.25, 0.3) is 0 Å². The molecule has 8 heteroatoms. The molecule has 2 rings (SSSR count). The van der Waals surface area contributed by atoms with Gasteiger partial charge in [0.2, 0.25) is 15.9 Å². The highest BCUT2D eigenvalue weighted by Gasteiger charge is 2.34. The summed E-state index contributed by atoms with van der Waals surface area (Å²) in [6.07, 6.45) is 0.136. The number of piperazine rings is 1. The fourth-order valence-corrected chi connectivity index (χ4v) is 4.10. The Balaban J connectivity index is 2.09. The lowest BCUT2D eigenvalue weighted by Crippen LogP contribution is -2.51. The molecule has 126 valence electrons. The molecule has 1 N–H and O–H groups in total. The van der Waals surface area contributed by atoms with E-state index in [4.69, 9.17) is 0 Å². The predicted molar refractivity (Wildman–Crippen MR) is 84.3 cm³/mol. The fourth-order valence-electron chi connectivity index (χ4n) is 2.45. The molecule has 23 heavy (non-hydrogen) atoms. The third kappa shape index (κ3) is 4.52. The van der Waals surface area contributed by atoms with E-state index in [0.29, 0.717) is 6.54 Å². The number of amides is 1. The molecule has 0 aromatic heterocycles. The maximum Gasteiger partial charge on any atom is 0.307 e. The zero-order valence-corrected chi connectivity index (χ0v) is 13.7. The molecule has 1 aliphatic heterocycles. The van der Waals surface area contributed by atoms with Crippen molar-refractivity contribution >= 4 is 21.9 Å². The lowest BCUT2D eigenvalue weighted by Gasteiger charge is -2.31. The molecule has 1 unspecified atom stereocenters. The van der Waals surface area contributed by atoms with Gasteiger partial charge >= 0.3 is 5.97 Å². The van der Waals surface area contributed by atoms with Crippen molar-refractivity contribution in [1.82, 2.24) is 9.21 Å². The minimum absolute atomic E-state index is 0.136. The number of carbonyl (C=O) groups is 2. The SMILES string of the molecule is CN1CCN(S(=O)(=O)CC(Cc2ccccc2)C(=O)O)CC1=O. The van der Waals surface area contributed by atoms with Gasteiger partial charge in [-0.25, -0.2) is 8.42 Å². The molecule has 1 atom stereocenters. The summed E-state index contributed by atoms with van der Waals surface area (Å²) in [5.41, 5.74) is 0.768. The lowest BCUT2D eigenvalue weighted by molar-refractivity contribution is -0.140. The third-order valence-corrected chi connectivity index (χ3v) is 5.82. The van der Waals surface area contributed by atoms with E-state index in [9.17, 15) is 23.1 Å². The number of nitrogens with zero attached hydrogens (tertiary/aromatic N) is 2. The van der Waals surface area contributed by atoms with Gasteiger partial charge in [-0.15, -0.1) is 0 Å². The molecule has 1 heterocycles. The number of hydrogen-bond donors (Lipinski definition) is 1.